The summed E-state index contributed by atoms with van der Waals surface area (Å²) in [5.74, 6) is 0. The van der Waals surface area contributed by atoms with Gasteiger partial charge in [0.15, 0.2) is 0 Å². The van der Waals surface area contributed by atoms with Crippen molar-refractivity contribution in [1.82, 2.24) is 0 Å². The SMILES string of the molecule is OP(O)(=S)OF. The monoisotopic (exact) mass is 132 g/mol. The summed E-state index contributed by atoms with van der Waals surface area (Å²) in [6.07, 6.45) is 0. The van der Waals surface area contributed by atoms with E-state index in [-0.39, 0.29) is 0 Å². The Morgan fingerprint density at radius 3 is 1.83 bits per heavy atom. The molecule has 2 N–H and O–H groups in total. The number of halogens is 1. The summed E-state index contributed by atoms with van der Waals surface area (Å²) in [4.78, 5) is 15.4. The lowest BCUT2D eigenvalue weighted by Gasteiger charge is -1.93. The third-order valence-corrected chi connectivity index (χ3v) is 0.439. The Hall–Kier alpha value is 0.460. The number of rotatable bonds is 1. The van der Waals surface area contributed by atoms with E-state index in [1.165, 1.54) is 0 Å². The van der Waals surface area contributed by atoms with Crippen LogP contribution in [0, 0.1) is 0 Å². The predicted octanol–water partition coefficient (Wildman–Crippen LogP) is 0.0966. The smallest absolute Gasteiger partial charge is 0.323 e. The molecule has 0 spiro atoms. The summed E-state index contributed by atoms with van der Waals surface area (Å²) < 4.78 is 12.9. The Labute approximate surface area is 38.5 Å². The molecule has 0 aromatic rings. The van der Waals surface area contributed by atoms with Gasteiger partial charge in [0, 0.05) is 0 Å². The summed E-state index contributed by atoms with van der Waals surface area (Å²) in [6.45, 7) is -3.98. The zero-order valence-electron chi connectivity index (χ0n) is 2.54. The van der Waals surface area contributed by atoms with E-state index in [0.717, 1.165) is 0 Å². The van der Waals surface area contributed by atoms with Crippen molar-refractivity contribution in [2.75, 3.05) is 0 Å². The first-order valence-corrected chi connectivity index (χ1v) is 3.55. The van der Waals surface area contributed by atoms with Crippen LogP contribution in [0.5, 0.6) is 0 Å². The molecular weight excluding hydrogens is 130 g/mol. The molecule has 6 heteroatoms. The Balaban J connectivity index is 3.48. The van der Waals surface area contributed by atoms with Gasteiger partial charge in [0.2, 0.25) is 0 Å². The summed E-state index contributed by atoms with van der Waals surface area (Å²) in [7, 11) is 0. The first-order valence-electron chi connectivity index (χ1n) is 0.919. The minimum absolute atomic E-state index is 2.47. The molecule has 0 aromatic heterocycles. The molecule has 3 nitrogen and oxygen atoms in total. The van der Waals surface area contributed by atoms with Crippen LogP contribution in [0.2, 0.25) is 0 Å². The van der Waals surface area contributed by atoms with E-state index in [2.05, 4.69) is 16.5 Å². The molecule has 0 saturated heterocycles. The quantitative estimate of drug-likeness (QED) is 0.496. The van der Waals surface area contributed by atoms with Crippen molar-refractivity contribution in [3.8, 4) is 0 Å². The van der Waals surface area contributed by atoms with Gasteiger partial charge < -0.3 is 9.79 Å². The number of hydrogen-bond donors (Lipinski definition) is 2. The van der Waals surface area contributed by atoms with Gasteiger partial charge in [0.1, 0.15) is 0 Å². The molecule has 0 aliphatic carbocycles. The van der Waals surface area contributed by atoms with Crippen LogP contribution in [0.25, 0.3) is 0 Å². The lowest BCUT2D eigenvalue weighted by Crippen LogP contribution is -1.70. The second-order valence-corrected chi connectivity index (χ2v) is 3.11. The van der Waals surface area contributed by atoms with Crippen LogP contribution in [-0.2, 0) is 16.5 Å². The largest absolute Gasteiger partial charge is 0.356 e. The standard InChI is InChI=1S/FH2O3PS/c1-4-5(2,3)6/h(H2,2,3,6). The molecule has 0 aromatic carbocycles. The van der Waals surface area contributed by atoms with Crippen LogP contribution >= 0.6 is 6.72 Å². The van der Waals surface area contributed by atoms with Crippen LogP contribution in [0.3, 0.4) is 0 Å². The van der Waals surface area contributed by atoms with E-state index in [9.17, 15) is 4.53 Å². The van der Waals surface area contributed by atoms with Crippen LogP contribution in [0.1, 0.15) is 0 Å². The molecule has 0 atom stereocenters. The topological polar surface area (TPSA) is 49.7 Å². The van der Waals surface area contributed by atoms with Gasteiger partial charge >= 0.3 is 6.72 Å². The fourth-order valence-corrected chi connectivity index (χ4v) is 0. The lowest BCUT2D eigenvalue weighted by atomic mass is 15.6. The summed E-state index contributed by atoms with van der Waals surface area (Å²) >= 11 is 3.61. The van der Waals surface area contributed by atoms with Crippen LogP contribution < -0.4 is 0 Å². The average Bonchev–Trinajstić information content (AvgIpc) is 1.35. The van der Waals surface area contributed by atoms with Gasteiger partial charge in [0.05, 0.1) is 0 Å². The molecule has 0 aliphatic heterocycles. The fraction of sp³-hybridized carbons (Fsp3) is 0. The van der Waals surface area contributed by atoms with Gasteiger partial charge in [-0.25, -0.2) is 0 Å². The Morgan fingerprint density at radius 2 is 1.83 bits per heavy atom. The minimum atomic E-state index is -3.98. The molecule has 0 aliphatic rings. The van der Waals surface area contributed by atoms with Gasteiger partial charge in [-0.15, -0.1) is 4.73 Å². The molecule has 38 valence electrons. The molecule has 0 heterocycles. The van der Waals surface area contributed by atoms with Crippen molar-refractivity contribution in [3.63, 3.8) is 0 Å². The van der Waals surface area contributed by atoms with Gasteiger partial charge in [-0.1, -0.05) is 0 Å². The molecule has 0 radical (unpaired) electrons. The van der Waals surface area contributed by atoms with Gasteiger partial charge in [-0.2, -0.15) is 0 Å². The molecule has 0 rings (SSSR count). The predicted molar refractivity (Wildman–Crippen MR) is 20.9 cm³/mol. The van der Waals surface area contributed by atoms with Crippen molar-refractivity contribution in [3.05, 3.63) is 0 Å². The number of hydrogen-bond acceptors (Lipinski definition) is 2. The van der Waals surface area contributed by atoms with Crippen molar-refractivity contribution in [2.24, 2.45) is 0 Å². The Morgan fingerprint density at radius 1 is 1.67 bits per heavy atom. The lowest BCUT2D eigenvalue weighted by molar-refractivity contribution is -0.0215. The summed E-state index contributed by atoms with van der Waals surface area (Å²) in [5, 5.41) is 0. The van der Waals surface area contributed by atoms with E-state index in [1.54, 1.807) is 0 Å². The molecule has 6 heavy (non-hydrogen) atoms. The zero-order chi connectivity index (χ0) is 5.21. The first kappa shape index (κ1) is 6.46. The average molecular weight is 132 g/mol. The minimum Gasteiger partial charge on any atom is -0.323 e. The fourth-order valence-electron chi connectivity index (χ4n) is 0. The first-order chi connectivity index (χ1) is 2.56. The maximum atomic E-state index is 10.4. The third kappa shape index (κ3) is 4.46. The van der Waals surface area contributed by atoms with Crippen LogP contribution in [0.4, 0.5) is 4.53 Å². The van der Waals surface area contributed by atoms with Crippen molar-refractivity contribution in [2.45, 2.75) is 0 Å². The maximum absolute atomic E-state index is 10.4. The van der Waals surface area contributed by atoms with Crippen molar-refractivity contribution >= 4 is 18.5 Å². The van der Waals surface area contributed by atoms with E-state index in [4.69, 9.17) is 9.79 Å². The Kier molecular flexibility index (Phi) is 2.10. The third-order valence-electron chi connectivity index (χ3n) is 0.0899. The highest BCUT2D eigenvalue weighted by molar-refractivity contribution is 8.06. The highest BCUT2D eigenvalue weighted by Gasteiger charge is 2.05. The van der Waals surface area contributed by atoms with E-state index in [1.807, 2.05) is 0 Å². The molecule has 0 fully saturated rings. The van der Waals surface area contributed by atoms with E-state index in [0.29, 0.717) is 0 Å². The zero-order valence-corrected chi connectivity index (χ0v) is 4.25. The van der Waals surface area contributed by atoms with Crippen molar-refractivity contribution < 1.29 is 19.0 Å². The van der Waals surface area contributed by atoms with Gasteiger partial charge in [-0.05, 0) is 16.3 Å². The van der Waals surface area contributed by atoms with Gasteiger partial charge in [0.25, 0.3) is 0 Å². The van der Waals surface area contributed by atoms with E-state index < -0.39 is 6.72 Å². The second kappa shape index (κ2) is 1.95. The molecule has 0 unspecified atom stereocenters. The van der Waals surface area contributed by atoms with Crippen LogP contribution in [0.15, 0.2) is 0 Å². The summed E-state index contributed by atoms with van der Waals surface area (Å²) in [5.41, 5.74) is 0. The van der Waals surface area contributed by atoms with E-state index >= 15 is 0 Å². The molecule has 0 saturated carbocycles. The molecule has 0 amide bonds. The second-order valence-electron chi connectivity index (χ2n) is 0.560. The van der Waals surface area contributed by atoms with Gasteiger partial charge in [-0.3, -0.25) is 0 Å². The normalized spacial score (nSPS) is 11.8. The highest BCUT2D eigenvalue weighted by atomic mass is 32.5. The van der Waals surface area contributed by atoms with Crippen LogP contribution in [-0.4, -0.2) is 9.79 Å². The Bertz CT molecular complexity index is 74.9. The maximum Gasteiger partial charge on any atom is 0.356 e. The molecular formula is H2FO3PS. The molecule has 0 bridgehead atoms. The highest BCUT2D eigenvalue weighted by Crippen LogP contribution is 2.36. The van der Waals surface area contributed by atoms with Crippen molar-refractivity contribution in [1.29, 1.82) is 0 Å². The summed E-state index contributed by atoms with van der Waals surface area (Å²) in [6, 6.07) is 0.